The summed E-state index contributed by atoms with van der Waals surface area (Å²) in [6, 6.07) is 0. The first-order valence-corrected chi connectivity index (χ1v) is 17.4. The van der Waals surface area contributed by atoms with Crippen molar-refractivity contribution in [2.24, 2.45) is 56.7 Å². The lowest BCUT2D eigenvalue weighted by molar-refractivity contribution is -0.311. The third-order valence-corrected chi connectivity index (χ3v) is 15.2. The number of aliphatic hydroxyl groups is 6. The van der Waals surface area contributed by atoms with Crippen molar-refractivity contribution in [2.45, 2.75) is 149 Å². The van der Waals surface area contributed by atoms with Crippen LogP contribution < -0.4 is 0 Å². The molecule has 6 rings (SSSR count). The van der Waals surface area contributed by atoms with Crippen molar-refractivity contribution in [3.63, 3.8) is 0 Å². The van der Waals surface area contributed by atoms with Gasteiger partial charge in [-0.05, 0) is 102 Å². The molecule has 0 aromatic heterocycles. The summed E-state index contributed by atoms with van der Waals surface area (Å²) in [5.74, 6) is 0.626. The molecule has 1 aliphatic heterocycles. The van der Waals surface area contributed by atoms with E-state index in [9.17, 15) is 30.6 Å². The minimum absolute atomic E-state index is 0.0856. The van der Waals surface area contributed by atoms with Gasteiger partial charge < -0.3 is 40.1 Å². The molecule has 6 aliphatic rings. The number of hydrogen-bond acceptors (Lipinski definition) is 8. The summed E-state index contributed by atoms with van der Waals surface area (Å²) in [5.41, 5.74) is 0.0738. The van der Waals surface area contributed by atoms with Gasteiger partial charge in [-0.2, -0.15) is 0 Å². The fraction of sp³-hybridized carbons (Fsp3) is 0.944. The molecule has 0 aromatic carbocycles. The Morgan fingerprint density at radius 2 is 1.45 bits per heavy atom. The summed E-state index contributed by atoms with van der Waals surface area (Å²) < 4.78 is 12.0. The molecular weight excluding hydrogens is 560 g/mol. The van der Waals surface area contributed by atoms with Crippen molar-refractivity contribution in [1.29, 1.82) is 0 Å². The molecule has 5 saturated carbocycles. The van der Waals surface area contributed by atoms with E-state index in [0.29, 0.717) is 18.3 Å². The normalized spacial score (nSPS) is 55.0. The van der Waals surface area contributed by atoms with Crippen LogP contribution >= 0.6 is 0 Å². The van der Waals surface area contributed by atoms with Crippen molar-refractivity contribution in [1.82, 2.24) is 0 Å². The predicted octanol–water partition coefficient (Wildman–Crippen LogP) is 3.79. The van der Waals surface area contributed by atoms with Gasteiger partial charge in [-0.1, -0.05) is 60.6 Å². The Balaban J connectivity index is 1.26. The average molecular weight is 621 g/mol. The van der Waals surface area contributed by atoms with Gasteiger partial charge in [-0.3, -0.25) is 0 Å². The minimum atomic E-state index is -1.37. The average Bonchev–Trinajstić information content (AvgIpc) is 3.51. The molecule has 8 nitrogen and oxygen atoms in total. The van der Waals surface area contributed by atoms with Crippen molar-refractivity contribution >= 4 is 0 Å². The maximum Gasteiger partial charge on any atom is 0.186 e. The smallest absolute Gasteiger partial charge is 0.186 e. The Morgan fingerprint density at radius 1 is 0.818 bits per heavy atom. The summed E-state index contributed by atoms with van der Waals surface area (Å²) >= 11 is 0. The van der Waals surface area contributed by atoms with Gasteiger partial charge in [0, 0.05) is 5.92 Å². The van der Waals surface area contributed by atoms with Crippen LogP contribution in [-0.2, 0) is 9.47 Å². The molecule has 0 aromatic rings. The molecule has 6 fully saturated rings. The third-order valence-electron chi connectivity index (χ3n) is 15.2. The van der Waals surface area contributed by atoms with Gasteiger partial charge in [0.2, 0.25) is 0 Å². The molecular formula is C36H60O8. The van der Waals surface area contributed by atoms with E-state index in [4.69, 9.17) is 9.47 Å². The Labute approximate surface area is 264 Å². The lowest BCUT2D eigenvalue weighted by Gasteiger charge is -2.65. The van der Waals surface area contributed by atoms with Gasteiger partial charge in [0.05, 0.1) is 31.0 Å². The summed E-state index contributed by atoms with van der Waals surface area (Å²) in [5, 5.41) is 66.8. The summed E-state index contributed by atoms with van der Waals surface area (Å²) in [6.07, 6.45) is -0.409. The molecule has 6 N–H and O–H groups in total. The van der Waals surface area contributed by atoms with E-state index >= 15 is 0 Å². The zero-order valence-corrected chi connectivity index (χ0v) is 28.1. The predicted molar refractivity (Wildman–Crippen MR) is 166 cm³/mol. The van der Waals surface area contributed by atoms with Crippen LogP contribution in [0.2, 0.25) is 0 Å². The fourth-order valence-corrected chi connectivity index (χ4v) is 12.7. The lowest BCUT2D eigenvalue weighted by atomic mass is 9.40. The Hall–Kier alpha value is -0.580. The van der Waals surface area contributed by atoms with Gasteiger partial charge in [-0.25, -0.2) is 0 Å². The van der Waals surface area contributed by atoms with Crippen LogP contribution in [-0.4, -0.2) is 86.3 Å². The molecule has 0 bridgehead atoms. The van der Waals surface area contributed by atoms with Crippen LogP contribution in [0.15, 0.2) is 12.2 Å². The number of ether oxygens (including phenoxy) is 2. The maximum absolute atomic E-state index is 12.2. The minimum Gasteiger partial charge on any atom is -0.393 e. The van der Waals surface area contributed by atoms with Gasteiger partial charge in [0.25, 0.3) is 0 Å². The zero-order valence-electron chi connectivity index (χ0n) is 28.1. The van der Waals surface area contributed by atoms with Crippen molar-refractivity contribution in [2.75, 3.05) is 6.61 Å². The second kappa shape index (κ2) is 10.7. The van der Waals surface area contributed by atoms with Gasteiger partial charge >= 0.3 is 0 Å². The molecule has 2 spiro atoms. The molecule has 5 aliphatic carbocycles. The molecule has 0 amide bonds. The molecule has 16 atom stereocenters. The Bertz CT molecular complexity index is 1130. The molecule has 1 saturated heterocycles. The highest BCUT2D eigenvalue weighted by molar-refractivity contribution is 5.34. The third kappa shape index (κ3) is 4.30. The number of hydrogen-bond donors (Lipinski definition) is 6. The van der Waals surface area contributed by atoms with E-state index in [1.54, 1.807) is 0 Å². The first-order valence-electron chi connectivity index (χ1n) is 17.4. The largest absolute Gasteiger partial charge is 0.393 e. The number of rotatable bonds is 7. The van der Waals surface area contributed by atoms with Crippen LogP contribution in [0.5, 0.6) is 0 Å². The highest BCUT2D eigenvalue weighted by atomic mass is 16.7. The quantitative estimate of drug-likeness (QED) is 0.187. The van der Waals surface area contributed by atoms with E-state index in [-0.39, 0.29) is 52.1 Å². The van der Waals surface area contributed by atoms with Crippen molar-refractivity contribution in [3.8, 4) is 0 Å². The van der Waals surface area contributed by atoms with Crippen LogP contribution in [0, 0.1) is 56.7 Å². The van der Waals surface area contributed by atoms with E-state index in [1.165, 1.54) is 5.57 Å². The molecule has 16 unspecified atom stereocenters. The first kappa shape index (κ1) is 33.3. The summed E-state index contributed by atoms with van der Waals surface area (Å²) in [6.45, 7) is 19.7. The van der Waals surface area contributed by atoms with E-state index in [0.717, 1.165) is 44.9 Å². The zero-order chi connectivity index (χ0) is 32.4. The standard InChI is InChI=1S/C36H60O8/c1-18(2)19(3)9-10-20(4)24-21(37)15-34(8)30-27(41)26(40)29-32(5,6)23(44-31-28(42)25(39)22(38)16-43-31)11-12-35(29)17-36(30,35)14-13-33(24,34)7/h18,20-31,37-42H,3,9-17H2,1-2,4-8H3. The van der Waals surface area contributed by atoms with Crippen LogP contribution in [0.4, 0.5) is 0 Å². The summed E-state index contributed by atoms with van der Waals surface area (Å²) in [4.78, 5) is 0. The molecule has 0 radical (unpaired) electrons. The SMILES string of the molecule is C=C(CCC(C)C1C(O)CC2(C)C3C(O)C(O)C4C(C)(C)C(OC5OCC(O)C(O)C5O)CCC45CC35CCC12C)C(C)C. The number of allylic oxidation sites excluding steroid dienone is 1. The first-order chi connectivity index (χ1) is 20.4. The van der Waals surface area contributed by atoms with E-state index < -0.39 is 48.3 Å². The second-order valence-corrected chi connectivity index (χ2v) is 17.6. The monoisotopic (exact) mass is 620 g/mol. The molecule has 44 heavy (non-hydrogen) atoms. The van der Waals surface area contributed by atoms with Crippen molar-refractivity contribution in [3.05, 3.63) is 12.2 Å². The fourth-order valence-electron chi connectivity index (χ4n) is 12.7. The molecule has 252 valence electrons. The van der Waals surface area contributed by atoms with Crippen LogP contribution in [0.3, 0.4) is 0 Å². The van der Waals surface area contributed by atoms with Gasteiger partial charge in [0.1, 0.15) is 18.3 Å². The van der Waals surface area contributed by atoms with Gasteiger partial charge in [-0.15, -0.1) is 0 Å². The highest BCUT2D eigenvalue weighted by Crippen LogP contribution is 2.89. The number of fused-ring (bicyclic) bond motifs is 2. The number of aliphatic hydroxyl groups excluding tert-OH is 6. The maximum atomic E-state index is 12.2. The summed E-state index contributed by atoms with van der Waals surface area (Å²) in [7, 11) is 0. The Kier molecular flexibility index (Phi) is 8.11. The van der Waals surface area contributed by atoms with Crippen molar-refractivity contribution < 1.29 is 40.1 Å². The lowest BCUT2D eigenvalue weighted by Crippen LogP contribution is -2.67. The van der Waals surface area contributed by atoms with Crippen LogP contribution in [0.25, 0.3) is 0 Å². The molecule has 1 heterocycles. The Morgan fingerprint density at radius 3 is 2.11 bits per heavy atom. The highest BCUT2D eigenvalue weighted by Gasteiger charge is 2.86. The topological polar surface area (TPSA) is 140 Å². The molecule has 8 heteroatoms. The van der Waals surface area contributed by atoms with E-state index in [2.05, 4.69) is 55.0 Å². The second-order valence-electron chi connectivity index (χ2n) is 17.6. The van der Waals surface area contributed by atoms with Gasteiger partial charge in [0.15, 0.2) is 6.29 Å². The van der Waals surface area contributed by atoms with E-state index in [1.807, 2.05) is 0 Å². The van der Waals surface area contributed by atoms with Crippen LogP contribution in [0.1, 0.15) is 99.8 Å².